The minimum Gasteiger partial charge on any atom is -0.388 e. The second-order valence-corrected chi connectivity index (χ2v) is 6.76. The number of aliphatic hydroxyl groups is 1. The molecule has 164 valence electrons. The van der Waals surface area contributed by atoms with E-state index in [2.05, 4.69) is 20.4 Å². The van der Waals surface area contributed by atoms with Crippen molar-refractivity contribution in [2.45, 2.75) is 38.8 Å². The predicted octanol–water partition coefficient (Wildman–Crippen LogP) is 3.94. The molecule has 0 amide bonds. The zero-order chi connectivity index (χ0) is 21.8. The normalized spacial score (nSPS) is 13.2. The Bertz CT molecular complexity index is 765. The SMILES string of the molecule is CCNC(=NCc1ccc(COCC(F)(F)F)cc1)NCCC(O)c1ccccc1. The molecule has 2 aromatic carbocycles. The molecule has 8 heteroatoms. The number of aliphatic hydroxyl groups excluding tert-OH is 1. The summed E-state index contributed by atoms with van der Waals surface area (Å²) in [6, 6.07) is 16.6. The van der Waals surface area contributed by atoms with Crippen molar-refractivity contribution in [3.05, 3.63) is 71.3 Å². The summed E-state index contributed by atoms with van der Waals surface area (Å²) >= 11 is 0. The summed E-state index contributed by atoms with van der Waals surface area (Å²) in [5.74, 6) is 0.635. The maximum Gasteiger partial charge on any atom is 0.411 e. The number of rotatable bonds is 10. The Morgan fingerprint density at radius 3 is 2.33 bits per heavy atom. The predicted molar refractivity (Wildman–Crippen MR) is 111 cm³/mol. The first kappa shape index (κ1) is 23.7. The third-order valence-electron chi connectivity index (χ3n) is 4.22. The fourth-order valence-corrected chi connectivity index (χ4v) is 2.71. The Balaban J connectivity index is 1.80. The number of hydrogen-bond donors (Lipinski definition) is 3. The second-order valence-electron chi connectivity index (χ2n) is 6.76. The summed E-state index contributed by atoms with van der Waals surface area (Å²) in [5, 5.41) is 16.6. The first-order valence-corrected chi connectivity index (χ1v) is 9.85. The van der Waals surface area contributed by atoms with Gasteiger partial charge in [0.15, 0.2) is 5.96 Å². The van der Waals surface area contributed by atoms with E-state index >= 15 is 0 Å². The lowest BCUT2D eigenvalue weighted by Crippen LogP contribution is -2.38. The van der Waals surface area contributed by atoms with E-state index in [0.717, 1.165) is 11.1 Å². The van der Waals surface area contributed by atoms with Crippen LogP contribution in [-0.2, 0) is 17.9 Å². The molecule has 2 aromatic rings. The highest BCUT2D eigenvalue weighted by Crippen LogP contribution is 2.16. The number of aliphatic imine (C=N–C) groups is 1. The van der Waals surface area contributed by atoms with Gasteiger partial charge in [-0.25, -0.2) is 4.99 Å². The van der Waals surface area contributed by atoms with Gasteiger partial charge in [0, 0.05) is 13.1 Å². The van der Waals surface area contributed by atoms with Gasteiger partial charge in [0.05, 0.1) is 19.3 Å². The molecule has 0 aliphatic heterocycles. The third-order valence-corrected chi connectivity index (χ3v) is 4.22. The largest absolute Gasteiger partial charge is 0.411 e. The maximum atomic E-state index is 12.1. The summed E-state index contributed by atoms with van der Waals surface area (Å²) in [5.41, 5.74) is 2.48. The van der Waals surface area contributed by atoms with Gasteiger partial charge in [-0.3, -0.25) is 0 Å². The fourth-order valence-electron chi connectivity index (χ4n) is 2.71. The molecule has 2 rings (SSSR count). The highest BCUT2D eigenvalue weighted by Gasteiger charge is 2.27. The van der Waals surface area contributed by atoms with Gasteiger partial charge in [-0.2, -0.15) is 13.2 Å². The van der Waals surface area contributed by atoms with Crippen molar-refractivity contribution in [3.8, 4) is 0 Å². The van der Waals surface area contributed by atoms with E-state index in [1.54, 1.807) is 12.1 Å². The number of hydrogen-bond acceptors (Lipinski definition) is 3. The van der Waals surface area contributed by atoms with E-state index in [9.17, 15) is 18.3 Å². The van der Waals surface area contributed by atoms with E-state index in [4.69, 9.17) is 0 Å². The Hall–Kier alpha value is -2.58. The smallest absolute Gasteiger partial charge is 0.388 e. The van der Waals surface area contributed by atoms with Crippen LogP contribution in [0.3, 0.4) is 0 Å². The standard InChI is InChI=1S/C22H28F3N3O2/c1-2-26-21(27-13-12-20(29)19-6-4-3-5-7-19)28-14-17-8-10-18(11-9-17)15-30-16-22(23,24)25/h3-11,20,29H,2,12-16H2,1H3,(H2,26,27,28). The van der Waals surface area contributed by atoms with Gasteiger partial charge in [-0.15, -0.1) is 0 Å². The molecule has 0 saturated heterocycles. The summed E-state index contributed by atoms with van der Waals surface area (Å²) in [4.78, 5) is 4.51. The van der Waals surface area contributed by atoms with E-state index in [-0.39, 0.29) is 6.61 Å². The number of benzene rings is 2. The van der Waals surface area contributed by atoms with Crippen molar-refractivity contribution in [1.82, 2.24) is 10.6 Å². The minimum atomic E-state index is -4.32. The molecule has 1 atom stereocenters. The van der Waals surface area contributed by atoms with Gasteiger partial charge in [0.1, 0.15) is 6.61 Å². The lowest BCUT2D eigenvalue weighted by molar-refractivity contribution is -0.176. The van der Waals surface area contributed by atoms with Crippen LogP contribution in [-0.4, -0.2) is 36.9 Å². The number of alkyl halides is 3. The quantitative estimate of drug-likeness (QED) is 0.400. The van der Waals surface area contributed by atoms with E-state index < -0.39 is 18.9 Å². The summed E-state index contributed by atoms with van der Waals surface area (Å²) in [6.45, 7) is 2.29. The lowest BCUT2D eigenvalue weighted by atomic mass is 10.1. The Morgan fingerprint density at radius 2 is 1.70 bits per heavy atom. The molecule has 0 heterocycles. The maximum absolute atomic E-state index is 12.1. The Morgan fingerprint density at radius 1 is 1.03 bits per heavy atom. The van der Waals surface area contributed by atoms with Crippen molar-refractivity contribution in [2.24, 2.45) is 4.99 Å². The van der Waals surface area contributed by atoms with Crippen LogP contribution in [0.1, 0.15) is 36.1 Å². The molecular formula is C22H28F3N3O2. The van der Waals surface area contributed by atoms with Gasteiger partial charge in [0.2, 0.25) is 0 Å². The van der Waals surface area contributed by atoms with Crippen molar-refractivity contribution < 1.29 is 23.0 Å². The van der Waals surface area contributed by atoms with Crippen molar-refractivity contribution in [3.63, 3.8) is 0 Å². The summed E-state index contributed by atoms with van der Waals surface area (Å²) in [7, 11) is 0. The van der Waals surface area contributed by atoms with Crippen LogP contribution in [0.2, 0.25) is 0 Å². The Labute approximate surface area is 175 Å². The summed E-state index contributed by atoms with van der Waals surface area (Å²) in [6.07, 6.45) is -4.32. The first-order chi connectivity index (χ1) is 14.4. The summed E-state index contributed by atoms with van der Waals surface area (Å²) < 4.78 is 41.0. The lowest BCUT2D eigenvalue weighted by Gasteiger charge is -2.14. The molecule has 0 bridgehead atoms. The van der Waals surface area contributed by atoms with Gasteiger partial charge in [0.25, 0.3) is 0 Å². The molecular weight excluding hydrogens is 395 g/mol. The molecule has 0 radical (unpaired) electrons. The fraction of sp³-hybridized carbons (Fsp3) is 0.409. The molecule has 0 aromatic heterocycles. The van der Waals surface area contributed by atoms with Crippen LogP contribution in [0.25, 0.3) is 0 Å². The number of nitrogens with one attached hydrogen (secondary N) is 2. The molecule has 30 heavy (non-hydrogen) atoms. The Kier molecular flexibility index (Phi) is 9.63. The number of halogens is 3. The molecule has 0 spiro atoms. The van der Waals surface area contributed by atoms with Crippen LogP contribution in [0, 0.1) is 0 Å². The molecule has 0 aliphatic carbocycles. The van der Waals surface area contributed by atoms with Crippen LogP contribution < -0.4 is 10.6 Å². The topological polar surface area (TPSA) is 65.9 Å². The van der Waals surface area contributed by atoms with Crippen LogP contribution in [0.15, 0.2) is 59.6 Å². The molecule has 1 unspecified atom stereocenters. The van der Waals surface area contributed by atoms with Gasteiger partial charge in [-0.1, -0.05) is 54.6 Å². The van der Waals surface area contributed by atoms with Crippen molar-refractivity contribution in [1.29, 1.82) is 0 Å². The molecule has 5 nitrogen and oxygen atoms in total. The van der Waals surface area contributed by atoms with Gasteiger partial charge >= 0.3 is 6.18 Å². The number of ether oxygens (including phenoxy) is 1. The number of nitrogens with zero attached hydrogens (tertiary/aromatic N) is 1. The average Bonchev–Trinajstić information content (AvgIpc) is 2.72. The van der Waals surface area contributed by atoms with Crippen LogP contribution in [0.5, 0.6) is 0 Å². The van der Waals surface area contributed by atoms with Gasteiger partial charge in [-0.05, 0) is 30.0 Å². The highest BCUT2D eigenvalue weighted by molar-refractivity contribution is 5.79. The third kappa shape index (κ3) is 9.28. The van der Waals surface area contributed by atoms with E-state index in [1.807, 2.05) is 49.4 Å². The first-order valence-electron chi connectivity index (χ1n) is 9.85. The monoisotopic (exact) mass is 423 g/mol. The molecule has 3 N–H and O–H groups in total. The molecule has 0 aliphatic rings. The number of guanidine groups is 1. The van der Waals surface area contributed by atoms with Crippen LogP contribution in [0.4, 0.5) is 13.2 Å². The zero-order valence-electron chi connectivity index (χ0n) is 17.0. The molecule has 0 fully saturated rings. The van der Waals surface area contributed by atoms with Crippen LogP contribution >= 0.6 is 0 Å². The average molecular weight is 423 g/mol. The second kappa shape index (κ2) is 12.2. The van der Waals surface area contributed by atoms with Crippen molar-refractivity contribution in [2.75, 3.05) is 19.7 Å². The highest BCUT2D eigenvalue weighted by atomic mass is 19.4. The van der Waals surface area contributed by atoms with E-state index in [1.165, 1.54) is 0 Å². The van der Waals surface area contributed by atoms with E-state index in [0.29, 0.717) is 37.6 Å². The minimum absolute atomic E-state index is 0.0863. The molecule has 0 saturated carbocycles. The zero-order valence-corrected chi connectivity index (χ0v) is 17.0. The van der Waals surface area contributed by atoms with Crippen molar-refractivity contribution >= 4 is 5.96 Å². The van der Waals surface area contributed by atoms with Gasteiger partial charge < -0.3 is 20.5 Å².